The van der Waals surface area contributed by atoms with Gasteiger partial charge in [0, 0.05) is 31.9 Å². The summed E-state index contributed by atoms with van der Waals surface area (Å²) in [5.74, 6) is 0. The maximum absolute atomic E-state index is 9.15. The van der Waals surface area contributed by atoms with E-state index in [1.807, 2.05) is 39.8 Å². The van der Waals surface area contributed by atoms with Gasteiger partial charge in [0.2, 0.25) is 0 Å². The van der Waals surface area contributed by atoms with E-state index < -0.39 is 0 Å². The van der Waals surface area contributed by atoms with Crippen molar-refractivity contribution < 1.29 is 0 Å². The lowest BCUT2D eigenvalue weighted by Crippen LogP contribution is -2.44. The van der Waals surface area contributed by atoms with Gasteiger partial charge in [0.1, 0.15) is 6.07 Å². The molecule has 0 bridgehead atoms. The van der Waals surface area contributed by atoms with E-state index in [1.54, 1.807) is 6.08 Å². The molecule has 0 unspecified atom stereocenters. The highest BCUT2D eigenvalue weighted by Crippen LogP contribution is 2.18. The van der Waals surface area contributed by atoms with Gasteiger partial charge in [0.15, 0.2) is 0 Å². The van der Waals surface area contributed by atoms with Crippen molar-refractivity contribution in [3.8, 4) is 6.07 Å². The van der Waals surface area contributed by atoms with Crippen molar-refractivity contribution in [2.45, 2.75) is 27.7 Å². The lowest BCUT2D eigenvalue weighted by molar-refractivity contribution is 0.196. The highest BCUT2D eigenvalue weighted by atomic mass is 15.3. The molecule has 0 aromatic rings. The highest BCUT2D eigenvalue weighted by molar-refractivity contribution is 5.42. The first-order valence-electron chi connectivity index (χ1n) is 7.19. The van der Waals surface area contributed by atoms with Gasteiger partial charge in [-0.15, -0.1) is 0 Å². The van der Waals surface area contributed by atoms with Crippen molar-refractivity contribution in [2.24, 2.45) is 0 Å². The average molecular weight is 273 g/mol. The standard InChI is InChI=1S/C15H21N3.C2H6/c1-5-7-15(14(6-2)12-16)18-10-8-17(9-11-18)13(3)4;1-2/h5-7H,1,3,8-11H2,2,4H3;1-2H3/b14-6-,15-7+;. The summed E-state index contributed by atoms with van der Waals surface area (Å²) in [5, 5.41) is 9.15. The molecule has 110 valence electrons. The molecule has 0 saturated carbocycles. The van der Waals surface area contributed by atoms with Gasteiger partial charge in [0.25, 0.3) is 0 Å². The third-order valence-corrected chi connectivity index (χ3v) is 3.12. The Bertz CT molecular complexity index is 416. The fraction of sp³-hybridized carbons (Fsp3) is 0.471. The first kappa shape index (κ1) is 18.0. The third kappa shape index (κ3) is 4.97. The van der Waals surface area contributed by atoms with Crippen LogP contribution in [0.25, 0.3) is 0 Å². The second kappa shape index (κ2) is 9.91. The third-order valence-electron chi connectivity index (χ3n) is 3.12. The summed E-state index contributed by atoms with van der Waals surface area (Å²) in [4.78, 5) is 4.50. The van der Waals surface area contributed by atoms with Crippen molar-refractivity contribution in [1.29, 1.82) is 5.26 Å². The molecule has 1 heterocycles. The van der Waals surface area contributed by atoms with Crippen molar-refractivity contribution in [3.63, 3.8) is 0 Å². The van der Waals surface area contributed by atoms with Gasteiger partial charge in [0.05, 0.1) is 11.3 Å². The van der Waals surface area contributed by atoms with Crippen molar-refractivity contribution >= 4 is 0 Å². The Morgan fingerprint density at radius 2 is 1.65 bits per heavy atom. The van der Waals surface area contributed by atoms with Gasteiger partial charge in [-0.3, -0.25) is 0 Å². The number of nitriles is 1. The molecule has 0 spiro atoms. The van der Waals surface area contributed by atoms with Crippen LogP contribution in [-0.4, -0.2) is 36.0 Å². The maximum Gasteiger partial charge on any atom is 0.101 e. The minimum Gasteiger partial charge on any atom is -0.372 e. The Morgan fingerprint density at radius 3 is 2.00 bits per heavy atom. The van der Waals surface area contributed by atoms with E-state index in [4.69, 9.17) is 5.26 Å². The smallest absolute Gasteiger partial charge is 0.101 e. The summed E-state index contributed by atoms with van der Waals surface area (Å²) in [6.07, 6.45) is 5.50. The second-order valence-electron chi connectivity index (χ2n) is 4.31. The first-order chi connectivity index (χ1) is 9.63. The Balaban J connectivity index is 0.00000172. The van der Waals surface area contributed by atoms with Crippen molar-refractivity contribution in [2.75, 3.05) is 26.2 Å². The summed E-state index contributed by atoms with van der Waals surface area (Å²) in [6, 6.07) is 2.24. The molecular formula is C17H27N3. The highest BCUT2D eigenvalue weighted by Gasteiger charge is 2.19. The van der Waals surface area contributed by atoms with E-state index in [0.717, 1.165) is 37.6 Å². The molecule has 1 rings (SSSR count). The van der Waals surface area contributed by atoms with E-state index in [2.05, 4.69) is 29.0 Å². The zero-order valence-corrected chi connectivity index (χ0v) is 13.3. The zero-order valence-electron chi connectivity index (χ0n) is 13.3. The van der Waals surface area contributed by atoms with E-state index >= 15 is 0 Å². The Hall–Kier alpha value is -1.95. The molecule has 0 aromatic heterocycles. The molecule has 0 radical (unpaired) electrons. The fourth-order valence-electron chi connectivity index (χ4n) is 2.08. The lowest BCUT2D eigenvalue weighted by atomic mass is 10.1. The molecule has 0 aliphatic carbocycles. The van der Waals surface area contributed by atoms with Gasteiger partial charge in [-0.1, -0.05) is 39.2 Å². The molecule has 0 N–H and O–H groups in total. The van der Waals surface area contributed by atoms with Gasteiger partial charge in [-0.2, -0.15) is 5.26 Å². The van der Waals surface area contributed by atoms with Crippen LogP contribution in [0.2, 0.25) is 0 Å². The van der Waals surface area contributed by atoms with E-state index in [9.17, 15) is 0 Å². The quantitative estimate of drug-likeness (QED) is 0.578. The Labute approximate surface area is 124 Å². The SMILES string of the molecule is C=C/C=C(\C(C#N)=C/C)N1CCN(C(=C)C)CC1.CC. The number of hydrogen-bond donors (Lipinski definition) is 0. The van der Waals surface area contributed by atoms with Crippen LogP contribution in [0, 0.1) is 11.3 Å². The minimum absolute atomic E-state index is 0.707. The number of piperazine rings is 1. The molecule has 20 heavy (non-hydrogen) atoms. The summed E-state index contributed by atoms with van der Waals surface area (Å²) in [6.45, 7) is 19.3. The molecule has 3 heteroatoms. The van der Waals surface area contributed by atoms with Crippen LogP contribution >= 0.6 is 0 Å². The average Bonchev–Trinajstić information content (AvgIpc) is 2.49. The molecule has 3 nitrogen and oxygen atoms in total. The van der Waals surface area contributed by atoms with E-state index in [0.29, 0.717) is 5.57 Å². The summed E-state index contributed by atoms with van der Waals surface area (Å²) in [5.41, 5.74) is 2.78. The van der Waals surface area contributed by atoms with Crippen LogP contribution in [0.3, 0.4) is 0 Å². The van der Waals surface area contributed by atoms with Crippen LogP contribution in [-0.2, 0) is 0 Å². The molecular weight excluding hydrogens is 246 g/mol. The number of hydrogen-bond acceptors (Lipinski definition) is 3. The molecule has 0 atom stereocenters. The van der Waals surface area contributed by atoms with Crippen LogP contribution in [0.4, 0.5) is 0 Å². The predicted molar refractivity (Wildman–Crippen MR) is 87.0 cm³/mol. The first-order valence-corrected chi connectivity index (χ1v) is 7.19. The molecule has 1 fully saturated rings. The number of nitrogens with zero attached hydrogens (tertiary/aromatic N) is 3. The molecule has 0 aromatic carbocycles. The van der Waals surface area contributed by atoms with Gasteiger partial charge in [-0.25, -0.2) is 0 Å². The molecule has 1 aliphatic rings. The molecule has 0 amide bonds. The lowest BCUT2D eigenvalue weighted by Gasteiger charge is -2.38. The second-order valence-corrected chi connectivity index (χ2v) is 4.31. The van der Waals surface area contributed by atoms with Crippen LogP contribution < -0.4 is 0 Å². The maximum atomic E-state index is 9.15. The summed E-state index contributed by atoms with van der Waals surface area (Å²) >= 11 is 0. The van der Waals surface area contributed by atoms with Gasteiger partial charge < -0.3 is 9.80 Å². The fourth-order valence-corrected chi connectivity index (χ4v) is 2.08. The summed E-state index contributed by atoms with van der Waals surface area (Å²) < 4.78 is 0. The van der Waals surface area contributed by atoms with E-state index in [1.165, 1.54) is 0 Å². The normalized spacial score (nSPS) is 15.9. The topological polar surface area (TPSA) is 30.3 Å². The van der Waals surface area contributed by atoms with Crippen molar-refractivity contribution in [1.82, 2.24) is 9.80 Å². The Morgan fingerprint density at radius 1 is 1.15 bits per heavy atom. The minimum atomic E-state index is 0.707. The van der Waals surface area contributed by atoms with Crippen molar-refractivity contribution in [3.05, 3.63) is 48.4 Å². The summed E-state index contributed by atoms with van der Waals surface area (Å²) in [7, 11) is 0. The van der Waals surface area contributed by atoms with Gasteiger partial charge >= 0.3 is 0 Å². The number of allylic oxidation sites excluding steroid dienone is 5. The number of rotatable bonds is 4. The van der Waals surface area contributed by atoms with E-state index in [-0.39, 0.29) is 0 Å². The zero-order chi connectivity index (χ0) is 15.5. The largest absolute Gasteiger partial charge is 0.372 e. The Kier molecular flexibility index (Phi) is 8.95. The monoisotopic (exact) mass is 273 g/mol. The molecule has 1 aliphatic heterocycles. The predicted octanol–water partition coefficient (Wildman–Crippen LogP) is 3.70. The molecule has 1 saturated heterocycles. The van der Waals surface area contributed by atoms with Crippen LogP contribution in [0.15, 0.2) is 48.4 Å². The van der Waals surface area contributed by atoms with Gasteiger partial charge in [-0.05, 0) is 19.9 Å². The van der Waals surface area contributed by atoms with Crippen LogP contribution in [0.1, 0.15) is 27.7 Å². The van der Waals surface area contributed by atoms with Crippen LogP contribution in [0.5, 0.6) is 0 Å².